The van der Waals surface area contributed by atoms with Gasteiger partial charge in [0, 0.05) is 17.6 Å². The molecule has 0 atom stereocenters. The molecule has 3 heteroatoms. The van der Waals surface area contributed by atoms with E-state index >= 15 is 0 Å². The molecule has 0 spiro atoms. The van der Waals surface area contributed by atoms with Crippen LogP contribution in [0.15, 0.2) is 24.3 Å². The molecular weight excluding hydrogens is 250 g/mol. The molecular formula is C17H27NO2. The van der Waals surface area contributed by atoms with Crippen molar-refractivity contribution in [1.82, 2.24) is 5.32 Å². The molecule has 1 aromatic carbocycles. The third-order valence-electron chi connectivity index (χ3n) is 3.81. The van der Waals surface area contributed by atoms with Crippen LogP contribution in [0.3, 0.4) is 0 Å². The first-order valence-corrected chi connectivity index (χ1v) is 7.56. The summed E-state index contributed by atoms with van der Waals surface area (Å²) in [6.45, 7) is 7.63. The first-order chi connectivity index (χ1) is 9.38. The van der Waals surface area contributed by atoms with E-state index in [0.717, 1.165) is 43.5 Å². The molecule has 112 valence electrons. The lowest BCUT2D eigenvalue weighted by Gasteiger charge is -2.24. The van der Waals surface area contributed by atoms with Crippen LogP contribution in [-0.2, 0) is 6.54 Å². The zero-order valence-corrected chi connectivity index (χ0v) is 12.9. The summed E-state index contributed by atoms with van der Waals surface area (Å²) in [5.74, 6) is 0.879. The molecule has 2 rings (SSSR count). The van der Waals surface area contributed by atoms with Crippen LogP contribution in [-0.4, -0.2) is 22.9 Å². The number of nitrogens with one attached hydrogen (secondary N) is 1. The minimum atomic E-state index is -0.620. The molecule has 0 radical (unpaired) electrons. The van der Waals surface area contributed by atoms with Gasteiger partial charge in [-0.2, -0.15) is 0 Å². The predicted molar refractivity (Wildman–Crippen MR) is 81.9 cm³/mol. The SMILES string of the molecule is CC(C)(C)NCc1ccccc1OCC1(O)CCCC1. The fraction of sp³-hybridized carbons (Fsp3) is 0.647. The Morgan fingerprint density at radius 2 is 1.85 bits per heavy atom. The van der Waals surface area contributed by atoms with Crippen molar-refractivity contribution in [2.24, 2.45) is 0 Å². The average Bonchev–Trinajstić information content (AvgIpc) is 2.81. The maximum atomic E-state index is 10.4. The Bertz CT molecular complexity index is 431. The van der Waals surface area contributed by atoms with E-state index in [9.17, 15) is 5.11 Å². The molecule has 1 saturated carbocycles. The molecule has 0 heterocycles. The lowest BCUT2D eigenvalue weighted by atomic mass is 10.0. The van der Waals surface area contributed by atoms with E-state index in [0.29, 0.717) is 6.61 Å². The number of benzene rings is 1. The van der Waals surface area contributed by atoms with Crippen molar-refractivity contribution >= 4 is 0 Å². The molecule has 0 aromatic heterocycles. The highest BCUT2D eigenvalue weighted by molar-refractivity contribution is 5.33. The fourth-order valence-electron chi connectivity index (χ4n) is 2.54. The van der Waals surface area contributed by atoms with Crippen molar-refractivity contribution in [3.8, 4) is 5.75 Å². The van der Waals surface area contributed by atoms with Crippen LogP contribution in [0.1, 0.15) is 52.0 Å². The first-order valence-electron chi connectivity index (χ1n) is 7.56. The Hall–Kier alpha value is -1.06. The van der Waals surface area contributed by atoms with Crippen LogP contribution >= 0.6 is 0 Å². The number of rotatable bonds is 5. The van der Waals surface area contributed by atoms with Gasteiger partial charge in [-0.15, -0.1) is 0 Å². The zero-order chi connectivity index (χ0) is 14.6. The molecule has 2 N–H and O–H groups in total. The van der Waals surface area contributed by atoms with Gasteiger partial charge in [0.1, 0.15) is 12.4 Å². The standard InChI is InChI=1S/C17H27NO2/c1-16(2,3)18-12-14-8-4-5-9-15(14)20-13-17(19)10-6-7-11-17/h4-5,8-9,18-19H,6-7,10-13H2,1-3H3. The number of para-hydroxylation sites is 1. The van der Waals surface area contributed by atoms with Crippen LogP contribution in [0.25, 0.3) is 0 Å². The molecule has 20 heavy (non-hydrogen) atoms. The average molecular weight is 277 g/mol. The molecule has 0 aliphatic heterocycles. The Morgan fingerprint density at radius 3 is 2.50 bits per heavy atom. The second-order valence-corrected chi connectivity index (χ2v) is 6.93. The van der Waals surface area contributed by atoms with Crippen molar-refractivity contribution in [3.05, 3.63) is 29.8 Å². The maximum absolute atomic E-state index is 10.4. The highest BCUT2D eigenvalue weighted by Gasteiger charge is 2.32. The van der Waals surface area contributed by atoms with Crippen LogP contribution in [0.2, 0.25) is 0 Å². The Labute approximate surface area is 122 Å². The number of hydrogen-bond donors (Lipinski definition) is 2. The first kappa shape index (κ1) is 15.3. The molecule has 0 bridgehead atoms. The maximum Gasteiger partial charge on any atom is 0.123 e. The lowest BCUT2D eigenvalue weighted by molar-refractivity contribution is 0.00109. The Kier molecular flexibility index (Phi) is 4.71. The van der Waals surface area contributed by atoms with E-state index in [2.05, 4.69) is 32.2 Å². The van der Waals surface area contributed by atoms with E-state index in [-0.39, 0.29) is 5.54 Å². The zero-order valence-electron chi connectivity index (χ0n) is 12.9. The number of hydrogen-bond acceptors (Lipinski definition) is 3. The normalized spacial score (nSPS) is 18.2. The van der Waals surface area contributed by atoms with Gasteiger partial charge in [0.15, 0.2) is 0 Å². The molecule has 0 saturated heterocycles. The van der Waals surface area contributed by atoms with Gasteiger partial charge >= 0.3 is 0 Å². The van der Waals surface area contributed by atoms with E-state index in [1.807, 2.05) is 18.2 Å². The Balaban J connectivity index is 1.97. The Morgan fingerprint density at radius 1 is 1.20 bits per heavy atom. The quantitative estimate of drug-likeness (QED) is 0.868. The van der Waals surface area contributed by atoms with Crippen LogP contribution in [0.4, 0.5) is 0 Å². The molecule has 1 aliphatic carbocycles. The minimum absolute atomic E-state index is 0.0801. The highest BCUT2D eigenvalue weighted by Crippen LogP contribution is 2.30. The molecule has 1 aromatic rings. The van der Waals surface area contributed by atoms with Gasteiger partial charge in [-0.1, -0.05) is 31.0 Å². The third kappa shape index (κ3) is 4.50. The molecule has 1 aliphatic rings. The summed E-state index contributed by atoms with van der Waals surface area (Å²) in [6.07, 6.45) is 3.92. The monoisotopic (exact) mass is 277 g/mol. The molecule has 1 fully saturated rings. The molecule has 0 amide bonds. The van der Waals surface area contributed by atoms with Gasteiger partial charge in [-0.05, 0) is 39.7 Å². The minimum Gasteiger partial charge on any atom is -0.490 e. The lowest BCUT2D eigenvalue weighted by Crippen LogP contribution is -2.35. The van der Waals surface area contributed by atoms with Crippen molar-refractivity contribution in [1.29, 1.82) is 0 Å². The van der Waals surface area contributed by atoms with Crippen LogP contribution in [0, 0.1) is 0 Å². The van der Waals surface area contributed by atoms with Gasteiger partial charge in [0.2, 0.25) is 0 Å². The van der Waals surface area contributed by atoms with E-state index < -0.39 is 5.60 Å². The summed E-state index contributed by atoms with van der Waals surface area (Å²) in [4.78, 5) is 0. The van der Waals surface area contributed by atoms with Crippen LogP contribution in [0.5, 0.6) is 5.75 Å². The summed E-state index contributed by atoms with van der Waals surface area (Å²) in [5, 5.41) is 13.8. The van der Waals surface area contributed by atoms with Gasteiger partial charge in [-0.3, -0.25) is 0 Å². The summed E-state index contributed by atoms with van der Waals surface area (Å²) in [5.41, 5.74) is 0.602. The van der Waals surface area contributed by atoms with Crippen molar-refractivity contribution in [2.45, 2.75) is 64.1 Å². The number of ether oxygens (including phenoxy) is 1. The topological polar surface area (TPSA) is 41.5 Å². The summed E-state index contributed by atoms with van der Waals surface area (Å²) >= 11 is 0. The second-order valence-electron chi connectivity index (χ2n) is 6.93. The predicted octanol–water partition coefficient (Wildman–Crippen LogP) is 3.26. The fourth-order valence-corrected chi connectivity index (χ4v) is 2.54. The second kappa shape index (κ2) is 6.15. The molecule has 0 unspecified atom stereocenters. The van der Waals surface area contributed by atoms with Gasteiger partial charge in [0.05, 0.1) is 5.60 Å². The van der Waals surface area contributed by atoms with E-state index in [1.54, 1.807) is 0 Å². The molecule has 3 nitrogen and oxygen atoms in total. The van der Waals surface area contributed by atoms with E-state index in [1.165, 1.54) is 0 Å². The van der Waals surface area contributed by atoms with Gasteiger partial charge < -0.3 is 15.2 Å². The van der Waals surface area contributed by atoms with Gasteiger partial charge in [0.25, 0.3) is 0 Å². The smallest absolute Gasteiger partial charge is 0.123 e. The summed E-state index contributed by atoms with van der Waals surface area (Å²) in [7, 11) is 0. The third-order valence-corrected chi connectivity index (χ3v) is 3.81. The van der Waals surface area contributed by atoms with Crippen molar-refractivity contribution in [3.63, 3.8) is 0 Å². The summed E-state index contributed by atoms with van der Waals surface area (Å²) < 4.78 is 5.90. The van der Waals surface area contributed by atoms with Crippen molar-refractivity contribution in [2.75, 3.05) is 6.61 Å². The van der Waals surface area contributed by atoms with E-state index in [4.69, 9.17) is 4.74 Å². The number of aliphatic hydroxyl groups is 1. The van der Waals surface area contributed by atoms with Gasteiger partial charge in [-0.25, -0.2) is 0 Å². The highest BCUT2D eigenvalue weighted by atomic mass is 16.5. The van der Waals surface area contributed by atoms with Crippen LogP contribution < -0.4 is 10.1 Å². The largest absolute Gasteiger partial charge is 0.490 e. The summed E-state index contributed by atoms with van der Waals surface area (Å²) in [6, 6.07) is 8.07. The van der Waals surface area contributed by atoms with Crippen molar-refractivity contribution < 1.29 is 9.84 Å².